The van der Waals surface area contributed by atoms with Gasteiger partial charge in [-0.1, -0.05) is 0 Å². The van der Waals surface area contributed by atoms with Gasteiger partial charge in [0.25, 0.3) is 0 Å². The number of aromatic amines is 1. The first-order chi connectivity index (χ1) is 6.86. The first-order valence-electron chi connectivity index (χ1n) is 4.85. The molecule has 5 heteroatoms. The van der Waals surface area contributed by atoms with Crippen molar-refractivity contribution in [2.24, 2.45) is 0 Å². The minimum Gasteiger partial charge on any atom is -0.369 e. The third kappa shape index (κ3) is 3.34. The zero-order valence-electron chi connectivity index (χ0n) is 8.36. The summed E-state index contributed by atoms with van der Waals surface area (Å²) >= 11 is 0. The molecule has 1 fully saturated rings. The molecule has 2 N–H and O–H groups in total. The fourth-order valence-corrected chi connectivity index (χ4v) is 1.55. The van der Waals surface area contributed by atoms with Crippen molar-refractivity contribution in [3.05, 3.63) is 24.0 Å². The molecule has 0 spiro atoms. The Kier molecular flexibility index (Phi) is 4.81. The zero-order chi connectivity index (χ0) is 9.80. The van der Waals surface area contributed by atoms with E-state index in [0.717, 1.165) is 19.5 Å². The maximum Gasteiger partial charge on any atom is 0.204 e. The Labute approximate surface area is 94.8 Å². The van der Waals surface area contributed by atoms with E-state index in [0.29, 0.717) is 5.69 Å². The Hall–Kier alpha value is -0.840. The van der Waals surface area contributed by atoms with Gasteiger partial charge in [0.1, 0.15) is 6.61 Å². The number of carbonyl (C=O) groups excluding carboxylic acids is 1. The van der Waals surface area contributed by atoms with Crippen LogP contribution in [0.25, 0.3) is 0 Å². The molecular weight excluding hydrogens is 216 g/mol. The van der Waals surface area contributed by atoms with Crippen molar-refractivity contribution in [3.63, 3.8) is 0 Å². The molecule has 0 radical (unpaired) electrons. The molecule has 0 amide bonds. The number of carbonyl (C=O) groups is 1. The average molecular weight is 231 g/mol. The van der Waals surface area contributed by atoms with E-state index in [1.165, 1.54) is 0 Å². The van der Waals surface area contributed by atoms with Crippen LogP contribution in [-0.4, -0.2) is 36.6 Å². The van der Waals surface area contributed by atoms with Crippen molar-refractivity contribution in [2.75, 3.05) is 19.7 Å². The van der Waals surface area contributed by atoms with Crippen LogP contribution in [0.2, 0.25) is 0 Å². The van der Waals surface area contributed by atoms with E-state index in [4.69, 9.17) is 4.74 Å². The molecular formula is C10H15ClN2O2. The highest BCUT2D eigenvalue weighted by molar-refractivity contribution is 5.95. The summed E-state index contributed by atoms with van der Waals surface area (Å²) in [5.74, 6) is 0.0156. The van der Waals surface area contributed by atoms with Gasteiger partial charge in [-0.2, -0.15) is 0 Å². The number of H-pyrrole nitrogens is 1. The SMILES string of the molecule is Cl.O=C(COC1CCNC1)c1ccc[nH]1. The van der Waals surface area contributed by atoms with Gasteiger partial charge in [-0.15, -0.1) is 12.4 Å². The van der Waals surface area contributed by atoms with Gasteiger partial charge < -0.3 is 15.0 Å². The predicted molar refractivity (Wildman–Crippen MR) is 59.6 cm³/mol. The van der Waals surface area contributed by atoms with Gasteiger partial charge >= 0.3 is 0 Å². The predicted octanol–water partition coefficient (Wildman–Crippen LogP) is 0.998. The van der Waals surface area contributed by atoms with Crippen molar-refractivity contribution < 1.29 is 9.53 Å². The molecule has 1 saturated heterocycles. The molecule has 1 aliphatic rings. The van der Waals surface area contributed by atoms with Gasteiger partial charge in [0.05, 0.1) is 11.8 Å². The summed E-state index contributed by atoms with van der Waals surface area (Å²) in [4.78, 5) is 14.4. The standard InChI is InChI=1S/C10H14N2O2.ClH/c13-10(9-2-1-4-12-9)7-14-8-3-5-11-6-8;/h1-2,4,8,11-12H,3,5-7H2;1H. The average Bonchev–Trinajstić information content (AvgIpc) is 2.87. The van der Waals surface area contributed by atoms with E-state index in [9.17, 15) is 4.79 Å². The Morgan fingerprint density at radius 1 is 1.60 bits per heavy atom. The number of Topliss-reactive ketones (excluding diaryl/α,β-unsaturated/α-hetero) is 1. The lowest BCUT2D eigenvalue weighted by molar-refractivity contribution is 0.0526. The van der Waals surface area contributed by atoms with Gasteiger partial charge in [0.15, 0.2) is 0 Å². The monoisotopic (exact) mass is 230 g/mol. The number of nitrogens with one attached hydrogen (secondary N) is 2. The first-order valence-corrected chi connectivity index (χ1v) is 4.85. The van der Waals surface area contributed by atoms with E-state index in [1.54, 1.807) is 12.3 Å². The van der Waals surface area contributed by atoms with Crippen LogP contribution in [0.4, 0.5) is 0 Å². The number of ether oxygens (including phenoxy) is 1. The number of ketones is 1. The fourth-order valence-electron chi connectivity index (χ4n) is 1.55. The Balaban J connectivity index is 0.00000112. The third-order valence-electron chi connectivity index (χ3n) is 2.36. The number of aromatic nitrogens is 1. The summed E-state index contributed by atoms with van der Waals surface area (Å²) in [5, 5.41) is 3.19. The summed E-state index contributed by atoms with van der Waals surface area (Å²) in [6, 6.07) is 3.57. The van der Waals surface area contributed by atoms with Crippen molar-refractivity contribution >= 4 is 18.2 Å². The molecule has 1 aromatic rings. The van der Waals surface area contributed by atoms with Gasteiger partial charge in [0.2, 0.25) is 5.78 Å². The third-order valence-corrected chi connectivity index (χ3v) is 2.36. The smallest absolute Gasteiger partial charge is 0.204 e. The highest BCUT2D eigenvalue weighted by Gasteiger charge is 2.16. The molecule has 1 aromatic heterocycles. The lowest BCUT2D eigenvalue weighted by Crippen LogP contribution is -2.21. The Morgan fingerprint density at radius 2 is 2.47 bits per heavy atom. The van der Waals surface area contributed by atoms with E-state index in [1.807, 2.05) is 6.07 Å². The van der Waals surface area contributed by atoms with Crippen molar-refractivity contribution in [2.45, 2.75) is 12.5 Å². The highest BCUT2D eigenvalue weighted by atomic mass is 35.5. The molecule has 0 aliphatic carbocycles. The van der Waals surface area contributed by atoms with Crippen LogP contribution >= 0.6 is 12.4 Å². The highest BCUT2D eigenvalue weighted by Crippen LogP contribution is 2.04. The first kappa shape index (κ1) is 12.2. The molecule has 15 heavy (non-hydrogen) atoms. The molecule has 4 nitrogen and oxygen atoms in total. The molecule has 0 saturated carbocycles. The maximum atomic E-state index is 11.5. The molecule has 1 unspecified atom stereocenters. The van der Waals surface area contributed by atoms with Crippen molar-refractivity contribution in [1.82, 2.24) is 10.3 Å². The number of rotatable bonds is 4. The summed E-state index contributed by atoms with van der Waals surface area (Å²) in [6.07, 6.45) is 2.94. The van der Waals surface area contributed by atoms with Crippen molar-refractivity contribution in [3.8, 4) is 0 Å². The molecule has 2 rings (SSSR count). The van der Waals surface area contributed by atoms with Crippen LogP contribution in [0.3, 0.4) is 0 Å². The topological polar surface area (TPSA) is 54.1 Å². The normalized spacial score (nSPS) is 19.9. The van der Waals surface area contributed by atoms with Crippen LogP contribution < -0.4 is 5.32 Å². The van der Waals surface area contributed by atoms with Crippen LogP contribution in [-0.2, 0) is 4.74 Å². The van der Waals surface area contributed by atoms with Gasteiger partial charge in [-0.25, -0.2) is 0 Å². The number of hydrogen-bond acceptors (Lipinski definition) is 3. The minimum atomic E-state index is 0. The number of halogens is 1. The zero-order valence-corrected chi connectivity index (χ0v) is 9.18. The summed E-state index contributed by atoms with van der Waals surface area (Å²) in [7, 11) is 0. The van der Waals surface area contributed by atoms with Crippen LogP contribution in [0.15, 0.2) is 18.3 Å². The van der Waals surface area contributed by atoms with Crippen LogP contribution in [0.1, 0.15) is 16.9 Å². The lowest BCUT2D eigenvalue weighted by Gasteiger charge is -2.08. The second kappa shape index (κ2) is 5.90. The van der Waals surface area contributed by atoms with Gasteiger partial charge in [-0.3, -0.25) is 4.79 Å². The Morgan fingerprint density at radius 3 is 3.07 bits per heavy atom. The van der Waals surface area contributed by atoms with E-state index >= 15 is 0 Å². The molecule has 1 atom stereocenters. The fraction of sp³-hybridized carbons (Fsp3) is 0.500. The van der Waals surface area contributed by atoms with Crippen molar-refractivity contribution in [1.29, 1.82) is 0 Å². The van der Waals surface area contributed by atoms with Crippen LogP contribution in [0, 0.1) is 0 Å². The summed E-state index contributed by atoms with van der Waals surface area (Å²) < 4.78 is 5.46. The van der Waals surface area contributed by atoms with E-state index in [2.05, 4.69) is 10.3 Å². The quantitative estimate of drug-likeness (QED) is 0.759. The number of hydrogen-bond donors (Lipinski definition) is 2. The lowest BCUT2D eigenvalue weighted by atomic mass is 10.3. The summed E-state index contributed by atoms with van der Waals surface area (Å²) in [5.41, 5.74) is 0.621. The second-order valence-corrected chi connectivity index (χ2v) is 3.43. The molecule has 1 aliphatic heterocycles. The molecule has 2 heterocycles. The Bertz CT molecular complexity index is 294. The van der Waals surface area contributed by atoms with E-state index in [-0.39, 0.29) is 30.9 Å². The largest absolute Gasteiger partial charge is 0.369 e. The minimum absolute atomic E-state index is 0. The summed E-state index contributed by atoms with van der Waals surface area (Å²) in [6.45, 7) is 2.02. The van der Waals surface area contributed by atoms with Crippen LogP contribution in [0.5, 0.6) is 0 Å². The molecule has 0 aromatic carbocycles. The maximum absolute atomic E-state index is 11.5. The molecule has 0 bridgehead atoms. The molecule has 84 valence electrons. The van der Waals surface area contributed by atoms with Gasteiger partial charge in [0, 0.05) is 12.7 Å². The second-order valence-electron chi connectivity index (χ2n) is 3.43. The van der Waals surface area contributed by atoms with Gasteiger partial charge in [-0.05, 0) is 25.1 Å². The van der Waals surface area contributed by atoms with E-state index < -0.39 is 0 Å².